The number of rotatable bonds is 18. The topological polar surface area (TPSA) is 489 Å². The number of carbonyl (C=O) groups excluding carboxylic acids is 11. The summed E-state index contributed by atoms with van der Waals surface area (Å²) >= 11 is 1.87. The van der Waals surface area contributed by atoms with E-state index in [2.05, 4.69) is 63.5 Å². The molecule has 4 aromatic carbocycles. The summed E-state index contributed by atoms with van der Waals surface area (Å²) < 4.78 is 0.354. The highest BCUT2D eigenvalue weighted by Crippen LogP contribution is 2.26. The van der Waals surface area contributed by atoms with Gasteiger partial charge in [-0.15, -0.1) is 0 Å². The van der Waals surface area contributed by atoms with E-state index in [-0.39, 0.29) is 94.2 Å². The van der Waals surface area contributed by atoms with Crippen molar-refractivity contribution in [1.82, 2.24) is 68.4 Å². The van der Waals surface area contributed by atoms with E-state index >= 15 is 28.8 Å². The fraction of sp³-hybridized carbons (Fsp3) is 0.493. The van der Waals surface area contributed by atoms with Crippen molar-refractivity contribution in [2.45, 2.75) is 196 Å². The molecule has 2 saturated heterocycles. The van der Waals surface area contributed by atoms with Gasteiger partial charge in [0, 0.05) is 86.9 Å². The summed E-state index contributed by atoms with van der Waals surface area (Å²) in [5.74, 6) is -12.3. The minimum Gasteiger partial charge on any atom is -0.507 e. The lowest BCUT2D eigenvalue weighted by Crippen LogP contribution is -2.63. The van der Waals surface area contributed by atoms with Gasteiger partial charge in [-0.25, -0.2) is 4.79 Å². The van der Waals surface area contributed by atoms with E-state index < -0.39 is 150 Å². The van der Waals surface area contributed by atoms with Crippen molar-refractivity contribution in [3.63, 3.8) is 0 Å². The summed E-state index contributed by atoms with van der Waals surface area (Å²) in [5.41, 5.74) is 15.8. The first kappa shape index (κ1) is 87.3. The van der Waals surface area contributed by atoms with Crippen LogP contribution in [0.25, 0.3) is 10.9 Å². The zero-order chi connectivity index (χ0) is 79.3. The maximum Gasteiger partial charge on any atom is 0.327 e. The Morgan fingerprint density at radius 3 is 1.84 bits per heavy atom. The van der Waals surface area contributed by atoms with Crippen molar-refractivity contribution in [2.75, 3.05) is 38.2 Å². The summed E-state index contributed by atoms with van der Waals surface area (Å²) in [6.07, 6.45) is 0.107. The summed E-state index contributed by atoms with van der Waals surface area (Å²) in [5, 5.41) is 73.7. The number of aromatic nitrogens is 1. The van der Waals surface area contributed by atoms with E-state index in [0.717, 1.165) is 32.1 Å². The monoisotopic (exact) mass is 1660 g/mol. The number of fused-ring (bicyclic) bond motifs is 12. The number of H-pyrrole nitrogens is 1. The molecule has 12 atom stereocenters. The number of carboxylic acids is 1. The van der Waals surface area contributed by atoms with Crippen LogP contribution in [0, 0.1) is 3.57 Å². The molecule has 0 aliphatic carbocycles. The van der Waals surface area contributed by atoms with Gasteiger partial charge in [0.2, 0.25) is 65.0 Å². The van der Waals surface area contributed by atoms with Crippen LogP contribution >= 0.6 is 44.2 Å². The summed E-state index contributed by atoms with van der Waals surface area (Å²) in [7, 11) is 3.18. The van der Waals surface area contributed by atoms with Crippen molar-refractivity contribution in [3.05, 3.63) is 135 Å². The second-order valence-electron chi connectivity index (χ2n) is 27.6. The molecule has 0 spiro atoms. The molecule has 7 rings (SSSR count). The third-order valence-electron chi connectivity index (χ3n) is 18.6. The molecule has 0 saturated carbocycles. The standard InChI is InChI=1S/C75H102IN15O16S2/c1-42(2)80-37-46-24-22-45(23-25-46)35-61-72(103)90-64(43(3)93)73(104)86-57(34-47-26-28-62(94)50(76)32-47)70(101)83-54-20-10-5-6-15-31-79-63(95)29-27-55(68(99)87-58(74(105)91(61)4)36-48-38-81-52-19-12-11-18-49(48)52)84-69(100)56(33-44-16-8-7-9-17-44)85-66(97)53(21-13-14-30-77)82-65(96)51(78)40-108-109-41-60(75(106)107)89-71(102)59(39-92)88-67(54)98/h7-9,11-12,16-19,22-26,28,32,38,42-43,51,53-61,64,80-81,92-94H,5-6,10,13-15,20-21,27,29-31,33-37,39-41,77-78H2,1-4H3,(H,79,95)(H,82,96)(H,83,101)(H,84,100)(H,85,97)(H,86,104)(H,87,99)(H,88,98)(H,89,102)(H,90,103)(H,106,107)/t43-,51+,53+,54+,55+,56+,57+,58-,59+,60+,61+,64-/m1/s1. The molecule has 0 unspecified atom stereocenters. The molecule has 3 heterocycles. The number of amides is 11. The minimum absolute atomic E-state index is 0.0115. The number of aromatic hydroxyl groups is 1. The molecule has 11 amide bonds. The number of nitrogens with two attached hydrogens (primary N) is 2. The maximum atomic E-state index is 15.9. The molecule has 34 heteroatoms. The SMILES string of the molecule is CC(C)NCc1ccc(C[C@H]2C(=O)N[C@H]([C@@H](C)O)C(=O)N[C@@H](Cc3ccc(O)c(I)c3)C(=O)N[C@H]3CCCCCCNC(=O)CC[C@H](NC(=O)[C@H](Cc4ccccc4)NC(=O)[C@H](CCCCN)NC(=O)[C@@H](N)CSSC[C@@H](C(=O)O)NC(=O)[C@H](CO)NC3=O)C(=O)N[C@H](Cc3c[nH]c4ccccc34)C(=O)N2C)cc1. The molecule has 2 bridgehead atoms. The molecule has 31 nitrogen and oxygen atoms in total. The number of hydrogen-bond donors (Lipinski definition) is 18. The summed E-state index contributed by atoms with van der Waals surface area (Å²) in [4.78, 5) is 181. The number of aliphatic hydroxyl groups is 2. The molecule has 5 aromatic rings. The van der Waals surface area contributed by atoms with Crippen LogP contribution in [0.4, 0.5) is 0 Å². The number of phenolic OH excluding ortho intramolecular Hbond substituents is 1. The average Bonchev–Trinajstić information content (AvgIpc) is 1.78. The van der Waals surface area contributed by atoms with Gasteiger partial charge in [-0.05, 0) is 121 Å². The van der Waals surface area contributed by atoms with Crippen molar-refractivity contribution >= 4 is 126 Å². The molecule has 0 radical (unpaired) electrons. The van der Waals surface area contributed by atoms with E-state index in [1.807, 2.05) is 48.6 Å². The zero-order valence-corrected chi connectivity index (χ0v) is 65.2. The number of carboxylic acid groups (broad SMARTS) is 1. The van der Waals surface area contributed by atoms with Gasteiger partial charge in [0.05, 0.1) is 22.3 Å². The van der Waals surface area contributed by atoms with Gasteiger partial charge in [0.1, 0.15) is 66.2 Å². The quantitative estimate of drug-likeness (QED) is 0.0324. The fourth-order valence-electron chi connectivity index (χ4n) is 12.3. The third-order valence-corrected chi connectivity index (χ3v) is 22.0. The smallest absolute Gasteiger partial charge is 0.327 e. The molecule has 1 aromatic heterocycles. The first-order valence-electron chi connectivity index (χ1n) is 36.5. The number of nitrogens with zero attached hydrogens (tertiary/aromatic N) is 1. The average molecular weight is 1660 g/mol. The largest absolute Gasteiger partial charge is 0.507 e. The van der Waals surface area contributed by atoms with Gasteiger partial charge in [-0.3, -0.25) is 52.7 Å². The lowest BCUT2D eigenvalue weighted by molar-refractivity contribution is -0.143. The number of carbonyl (C=O) groups is 12. The van der Waals surface area contributed by atoms with Crippen LogP contribution in [-0.2, 0) is 89.8 Å². The van der Waals surface area contributed by atoms with Crippen LogP contribution in [0.2, 0.25) is 0 Å². The number of aliphatic hydroxyl groups excluding tert-OH is 2. The molecular weight excluding hydrogens is 1560 g/mol. The first-order valence-corrected chi connectivity index (χ1v) is 40.1. The molecule has 20 N–H and O–H groups in total. The highest BCUT2D eigenvalue weighted by atomic mass is 127. The zero-order valence-electron chi connectivity index (χ0n) is 61.4. The molecule has 109 heavy (non-hydrogen) atoms. The number of nitrogens with one attached hydrogen (secondary N) is 12. The highest BCUT2D eigenvalue weighted by molar-refractivity contribution is 14.1. The van der Waals surface area contributed by atoms with Gasteiger partial charge in [0.25, 0.3) is 0 Å². The number of halogens is 1. The van der Waals surface area contributed by atoms with Crippen molar-refractivity contribution in [3.8, 4) is 5.75 Å². The number of phenols is 1. The number of aromatic amines is 1. The van der Waals surface area contributed by atoms with E-state index in [4.69, 9.17) is 11.5 Å². The van der Waals surface area contributed by atoms with Crippen LogP contribution in [0.3, 0.4) is 0 Å². The van der Waals surface area contributed by atoms with Crippen molar-refractivity contribution in [2.24, 2.45) is 11.5 Å². The van der Waals surface area contributed by atoms with Crippen molar-refractivity contribution in [1.29, 1.82) is 0 Å². The predicted molar refractivity (Wildman–Crippen MR) is 420 cm³/mol. The van der Waals surface area contributed by atoms with Gasteiger partial charge in [-0.1, -0.05) is 134 Å². The number of unbranched alkanes of at least 4 members (excludes halogenated alkanes) is 1. The van der Waals surface area contributed by atoms with E-state index in [9.17, 15) is 49.2 Å². The molecular formula is C75H102IN15O16S2. The lowest BCUT2D eigenvalue weighted by atomic mass is 9.98. The maximum absolute atomic E-state index is 15.9. The first-order chi connectivity index (χ1) is 52.1. The second-order valence-corrected chi connectivity index (χ2v) is 31.3. The fourth-order valence-corrected chi connectivity index (χ4v) is 15.1. The molecule has 2 aliphatic rings. The Kier molecular flexibility index (Phi) is 35.3. The molecule has 2 aliphatic heterocycles. The summed E-state index contributed by atoms with van der Waals surface area (Å²) in [6.45, 7) is 4.92. The number of aliphatic carboxylic acids is 1. The van der Waals surface area contributed by atoms with E-state index in [1.165, 1.54) is 32.2 Å². The van der Waals surface area contributed by atoms with E-state index in [0.29, 0.717) is 75.4 Å². The van der Waals surface area contributed by atoms with Gasteiger partial charge in [0.15, 0.2) is 0 Å². The van der Waals surface area contributed by atoms with Gasteiger partial charge >= 0.3 is 5.97 Å². The Morgan fingerprint density at radius 1 is 0.606 bits per heavy atom. The Morgan fingerprint density at radius 2 is 1.18 bits per heavy atom. The third kappa shape index (κ3) is 27.6. The van der Waals surface area contributed by atoms with Crippen LogP contribution in [0.5, 0.6) is 5.75 Å². The second kappa shape index (κ2) is 44.1. The molecule has 2 fully saturated rings. The van der Waals surface area contributed by atoms with E-state index in [1.54, 1.807) is 72.9 Å². The minimum atomic E-state index is -1.89. The number of para-hydroxylation sites is 1. The Hall–Kier alpha value is -8.91. The number of hydrogen-bond acceptors (Lipinski definition) is 20. The Labute approximate surface area is 654 Å². The normalized spacial score (nSPS) is 24.4. The number of benzene rings is 4. The Balaban J connectivity index is 1.39. The van der Waals surface area contributed by atoms with Crippen LogP contribution < -0.4 is 70.0 Å². The number of likely N-dealkylation sites (N-methyl/N-ethyl adjacent to an activating group) is 1. The van der Waals surface area contributed by atoms with Crippen LogP contribution in [0.1, 0.15) is 113 Å². The van der Waals surface area contributed by atoms with Gasteiger partial charge < -0.3 is 100 Å². The highest BCUT2D eigenvalue weighted by Gasteiger charge is 2.40. The van der Waals surface area contributed by atoms with Crippen LogP contribution in [0.15, 0.2) is 103 Å². The Bertz CT molecular complexity index is 3930. The molecule has 592 valence electrons. The van der Waals surface area contributed by atoms with Crippen LogP contribution in [-0.4, -0.2) is 218 Å². The van der Waals surface area contributed by atoms with Crippen molar-refractivity contribution < 1.29 is 78.0 Å². The lowest BCUT2D eigenvalue weighted by Gasteiger charge is -2.33. The predicted octanol–water partition coefficient (Wildman–Crippen LogP) is 0.606. The van der Waals surface area contributed by atoms with Gasteiger partial charge in [-0.2, -0.15) is 0 Å². The summed E-state index contributed by atoms with van der Waals surface area (Å²) in [6, 6.07) is 9.93.